The molecule has 0 aliphatic carbocycles. The van der Waals surface area contributed by atoms with E-state index in [0.717, 1.165) is 18.2 Å². The lowest BCUT2D eigenvalue weighted by Crippen LogP contribution is -2.13. The molecule has 2 rings (SSSR count). The summed E-state index contributed by atoms with van der Waals surface area (Å²) < 4.78 is 2.66. The summed E-state index contributed by atoms with van der Waals surface area (Å²) in [5.74, 6) is -0.118. The molecule has 1 N–H and O–H groups in total. The van der Waals surface area contributed by atoms with E-state index in [9.17, 15) is 4.79 Å². The summed E-state index contributed by atoms with van der Waals surface area (Å²) in [5, 5.41) is 2.87. The maximum atomic E-state index is 12.2. The first-order valence-electron chi connectivity index (χ1n) is 5.09. The normalized spacial score (nSPS) is 10.2. The number of para-hydroxylation sites is 1. The van der Waals surface area contributed by atoms with Crippen molar-refractivity contribution in [3.8, 4) is 0 Å². The van der Waals surface area contributed by atoms with Gasteiger partial charge in [-0.2, -0.15) is 0 Å². The summed E-state index contributed by atoms with van der Waals surface area (Å²) >= 11 is 8.97. The van der Waals surface area contributed by atoms with Gasteiger partial charge < -0.3 is 5.32 Å². The van der Waals surface area contributed by atoms with Gasteiger partial charge in [0.15, 0.2) is 0 Å². The maximum Gasteiger partial charge on any atom is 0.256 e. The molecule has 0 heterocycles. The van der Waals surface area contributed by atoms with Crippen LogP contribution in [0.3, 0.4) is 0 Å². The molecule has 0 aliphatic rings. The Morgan fingerprint density at radius 3 is 2.44 bits per heavy atom. The Balaban J connectivity index is 2.30. The number of halogens is 3. The fourth-order valence-corrected chi connectivity index (χ4v) is 3.22. The molecule has 0 fully saturated rings. The molecule has 92 valence electrons. The van der Waals surface area contributed by atoms with Gasteiger partial charge in [0.2, 0.25) is 0 Å². The minimum absolute atomic E-state index is 0.118. The highest BCUT2D eigenvalue weighted by Crippen LogP contribution is 2.28. The van der Waals surface area contributed by atoms with Crippen molar-refractivity contribution in [3.05, 3.63) is 60.5 Å². The van der Waals surface area contributed by atoms with Crippen molar-refractivity contribution >= 4 is 66.0 Å². The zero-order valence-electron chi connectivity index (χ0n) is 9.08. The summed E-state index contributed by atoms with van der Waals surface area (Å²) in [5.41, 5.74) is 1.43. The number of carbonyl (C=O) groups excluding carboxylic acids is 1. The molecule has 0 spiro atoms. The lowest BCUT2D eigenvalue weighted by molar-refractivity contribution is 0.102. The van der Waals surface area contributed by atoms with E-state index in [0.29, 0.717) is 5.56 Å². The first-order valence-corrected chi connectivity index (χ1v) is 7.75. The molecule has 1 amide bonds. The van der Waals surface area contributed by atoms with E-state index in [1.807, 2.05) is 42.5 Å². The van der Waals surface area contributed by atoms with Crippen LogP contribution in [0.25, 0.3) is 0 Å². The third-order valence-electron chi connectivity index (χ3n) is 2.27. The third kappa shape index (κ3) is 3.33. The second-order valence-corrected chi connectivity index (χ2v) is 6.42. The molecule has 2 aromatic rings. The Hall–Kier alpha value is -0.400. The first kappa shape index (κ1) is 14.0. The fourth-order valence-electron chi connectivity index (χ4n) is 1.44. The Bertz CT molecular complexity index is 587. The van der Waals surface area contributed by atoms with Crippen LogP contribution in [0.15, 0.2) is 51.4 Å². The van der Waals surface area contributed by atoms with Crippen LogP contribution in [-0.2, 0) is 0 Å². The second-order valence-electron chi connectivity index (χ2n) is 3.57. The Labute approximate surface area is 136 Å². The number of hydrogen-bond donors (Lipinski definition) is 1. The van der Waals surface area contributed by atoms with Gasteiger partial charge in [-0.15, -0.1) is 0 Å². The Kier molecular flexibility index (Phi) is 4.80. The molecule has 0 atom stereocenters. The van der Waals surface area contributed by atoms with Crippen molar-refractivity contribution in [2.24, 2.45) is 0 Å². The Morgan fingerprint density at radius 1 is 1.11 bits per heavy atom. The van der Waals surface area contributed by atoms with Crippen LogP contribution in [0.5, 0.6) is 0 Å². The van der Waals surface area contributed by atoms with Gasteiger partial charge in [0.1, 0.15) is 0 Å². The van der Waals surface area contributed by atoms with E-state index in [2.05, 4.69) is 59.8 Å². The largest absolute Gasteiger partial charge is 0.322 e. The van der Waals surface area contributed by atoms with Gasteiger partial charge in [0.25, 0.3) is 5.91 Å². The lowest BCUT2D eigenvalue weighted by Gasteiger charge is -2.08. The van der Waals surface area contributed by atoms with E-state index >= 15 is 0 Å². The number of hydrogen-bond acceptors (Lipinski definition) is 1. The summed E-state index contributed by atoms with van der Waals surface area (Å²) in [6.07, 6.45) is 0. The highest BCUT2D eigenvalue weighted by molar-refractivity contribution is 14.1. The van der Waals surface area contributed by atoms with E-state index < -0.39 is 0 Å². The van der Waals surface area contributed by atoms with Gasteiger partial charge in [-0.05, 0) is 62.8 Å². The standard InChI is InChI=1S/C13H8Br2INO/c14-8-6-10(12(16)11(15)7-8)13(18)17-9-4-2-1-3-5-9/h1-7H,(H,17,18). The van der Waals surface area contributed by atoms with Crippen LogP contribution in [0.2, 0.25) is 0 Å². The number of nitrogens with one attached hydrogen (secondary N) is 1. The highest BCUT2D eigenvalue weighted by Gasteiger charge is 2.13. The highest BCUT2D eigenvalue weighted by atomic mass is 127. The smallest absolute Gasteiger partial charge is 0.256 e. The first-order chi connectivity index (χ1) is 8.58. The Morgan fingerprint density at radius 2 is 1.78 bits per heavy atom. The average molecular weight is 481 g/mol. The van der Waals surface area contributed by atoms with Crippen LogP contribution in [0, 0.1) is 3.57 Å². The quantitative estimate of drug-likeness (QED) is 0.472. The third-order valence-corrected chi connectivity index (χ3v) is 5.26. The molecule has 0 aliphatic heterocycles. The lowest BCUT2D eigenvalue weighted by atomic mass is 10.2. The van der Waals surface area contributed by atoms with Crippen molar-refractivity contribution in [2.45, 2.75) is 0 Å². The van der Waals surface area contributed by atoms with Gasteiger partial charge >= 0.3 is 0 Å². The predicted octanol–water partition coefficient (Wildman–Crippen LogP) is 5.07. The van der Waals surface area contributed by atoms with Crippen molar-refractivity contribution < 1.29 is 4.79 Å². The summed E-state index contributed by atoms with van der Waals surface area (Å²) in [6.45, 7) is 0. The minimum atomic E-state index is -0.118. The maximum absolute atomic E-state index is 12.2. The molecule has 2 aromatic carbocycles. The van der Waals surface area contributed by atoms with E-state index in [4.69, 9.17) is 0 Å². The van der Waals surface area contributed by atoms with E-state index in [1.54, 1.807) is 0 Å². The molecule has 5 heteroatoms. The molecule has 0 saturated carbocycles. The summed E-state index contributed by atoms with van der Waals surface area (Å²) in [4.78, 5) is 12.2. The number of amides is 1. The van der Waals surface area contributed by atoms with Gasteiger partial charge in [0, 0.05) is 18.2 Å². The number of anilines is 1. The predicted molar refractivity (Wildman–Crippen MR) is 89.0 cm³/mol. The van der Waals surface area contributed by atoms with Crippen molar-refractivity contribution in [1.29, 1.82) is 0 Å². The fraction of sp³-hybridized carbons (Fsp3) is 0. The molecular formula is C13H8Br2INO. The molecular weight excluding hydrogens is 473 g/mol. The molecule has 2 nitrogen and oxygen atoms in total. The van der Waals surface area contributed by atoms with Gasteiger partial charge in [-0.25, -0.2) is 0 Å². The van der Waals surface area contributed by atoms with Crippen LogP contribution in [0.1, 0.15) is 10.4 Å². The minimum Gasteiger partial charge on any atom is -0.322 e. The molecule has 0 radical (unpaired) electrons. The molecule has 0 saturated heterocycles. The van der Waals surface area contributed by atoms with Crippen LogP contribution in [0.4, 0.5) is 5.69 Å². The monoisotopic (exact) mass is 479 g/mol. The van der Waals surface area contributed by atoms with Crippen LogP contribution < -0.4 is 5.32 Å². The number of rotatable bonds is 2. The zero-order chi connectivity index (χ0) is 13.1. The molecule has 18 heavy (non-hydrogen) atoms. The number of benzene rings is 2. The van der Waals surface area contributed by atoms with Crippen LogP contribution in [-0.4, -0.2) is 5.91 Å². The zero-order valence-corrected chi connectivity index (χ0v) is 14.4. The molecule has 0 aromatic heterocycles. The topological polar surface area (TPSA) is 29.1 Å². The summed E-state index contributed by atoms with van der Waals surface area (Å²) in [6, 6.07) is 13.1. The van der Waals surface area contributed by atoms with Gasteiger partial charge in [-0.3, -0.25) is 4.79 Å². The van der Waals surface area contributed by atoms with E-state index in [1.165, 1.54) is 0 Å². The molecule has 0 unspecified atom stereocenters. The second kappa shape index (κ2) is 6.16. The van der Waals surface area contributed by atoms with Crippen molar-refractivity contribution in [1.82, 2.24) is 0 Å². The SMILES string of the molecule is O=C(Nc1ccccc1)c1cc(Br)cc(Br)c1I. The van der Waals surface area contributed by atoms with Gasteiger partial charge in [-0.1, -0.05) is 34.1 Å². The average Bonchev–Trinajstić information content (AvgIpc) is 2.35. The van der Waals surface area contributed by atoms with Crippen LogP contribution >= 0.6 is 54.5 Å². The summed E-state index contributed by atoms with van der Waals surface area (Å²) in [7, 11) is 0. The number of carbonyl (C=O) groups is 1. The van der Waals surface area contributed by atoms with E-state index in [-0.39, 0.29) is 5.91 Å². The molecule has 0 bridgehead atoms. The van der Waals surface area contributed by atoms with Gasteiger partial charge in [0.05, 0.1) is 5.56 Å². The van der Waals surface area contributed by atoms with Crippen molar-refractivity contribution in [3.63, 3.8) is 0 Å². The van der Waals surface area contributed by atoms with Crippen molar-refractivity contribution in [2.75, 3.05) is 5.32 Å².